The Morgan fingerprint density at radius 2 is 1.45 bits per heavy atom. The molecule has 0 aliphatic carbocycles. The van der Waals surface area contributed by atoms with Gasteiger partial charge in [-0.25, -0.2) is 0 Å². The average molecular weight is 313 g/mol. The van der Waals surface area contributed by atoms with Crippen LogP contribution in [0, 0.1) is 0 Å². The van der Waals surface area contributed by atoms with Gasteiger partial charge < -0.3 is 0 Å². The highest BCUT2D eigenvalue weighted by Crippen LogP contribution is 2.14. The molecule has 0 atom stereocenters. The van der Waals surface area contributed by atoms with Crippen molar-refractivity contribution in [2.75, 3.05) is 0 Å². The second-order valence-corrected chi connectivity index (χ2v) is 5.12. The van der Waals surface area contributed by atoms with Gasteiger partial charge in [-0.15, -0.1) is 0 Å². The van der Waals surface area contributed by atoms with Gasteiger partial charge in [0.2, 0.25) is 0 Å². The first-order valence-corrected chi connectivity index (χ1v) is 6.99. The highest BCUT2D eigenvalue weighted by atomic mass is 35.5. The molecule has 3 nitrogen and oxygen atoms in total. The topological polar surface area (TPSA) is 51.2 Å². The molecular weight excluding hydrogens is 300 g/mol. The molecule has 0 fully saturated rings. The zero-order valence-corrected chi connectivity index (χ0v) is 12.6. The molecule has 0 aliphatic rings. The van der Waals surface area contributed by atoms with E-state index in [0.717, 1.165) is 6.08 Å². The van der Waals surface area contributed by atoms with Gasteiger partial charge in [-0.1, -0.05) is 41.9 Å². The van der Waals surface area contributed by atoms with Crippen LogP contribution in [0.3, 0.4) is 0 Å². The lowest BCUT2D eigenvalue weighted by Gasteiger charge is -2.03. The Hall–Kier alpha value is -2.52. The van der Waals surface area contributed by atoms with Crippen LogP contribution in [-0.2, 0) is 4.79 Å². The maximum atomic E-state index is 12.3. The van der Waals surface area contributed by atoms with E-state index in [1.54, 1.807) is 54.6 Å². The summed E-state index contributed by atoms with van der Waals surface area (Å²) in [5.41, 5.74) is 0.600. The zero-order chi connectivity index (χ0) is 16.1. The van der Waals surface area contributed by atoms with Gasteiger partial charge in [0.15, 0.2) is 17.3 Å². The number of carbonyl (C=O) groups is 3. The first kappa shape index (κ1) is 15.9. The number of benzene rings is 2. The molecule has 0 N–H and O–H groups in total. The van der Waals surface area contributed by atoms with Crippen LogP contribution in [0.25, 0.3) is 0 Å². The predicted octanol–water partition coefficient (Wildman–Crippen LogP) is 3.92. The van der Waals surface area contributed by atoms with Gasteiger partial charge in [-0.3, -0.25) is 14.4 Å². The number of carbonyl (C=O) groups excluding carboxylic acids is 3. The van der Waals surface area contributed by atoms with Gasteiger partial charge >= 0.3 is 0 Å². The third kappa shape index (κ3) is 3.77. The molecule has 2 aromatic carbocycles. The number of rotatable bonds is 5. The molecule has 0 aliphatic heterocycles. The van der Waals surface area contributed by atoms with Gasteiger partial charge in [-0.2, -0.15) is 0 Å². The van der Waals surface area contributed by atoms with E-state index in [9.17, 15) is 14.4 Å². The van der Waals surface area contributed by atoms with Crippen LogP contribution >= 0.6 is 11.6 Å². The summed E-state index contributed by atoms with van der Waals surface area (Å²) in [6, 6.07) is 14.6. The molecule has 2 rings (SSSR count). The summed E-state index contributed by atoms with van der Waals surface area (Å²) in [6.45, 7) is 1.27. The number of hydrogen-bond acceptors (Lipinski definition) is 3. The van der Waals surface area contributed by atoms with Crippen LogP contribution in [0.5, 0.6) is 0 Å². The minimum Gasteiger partial charge on any atom is -0.294 e. The smallest absolute Gasteiger partial charge is 0.196 e. The molecule has 2 aromatic rings. The molecule has 110 valence electrons. The largest absolute Gasteiger partial charge is 0.294 e. The van der Waals surface area contributed by atoms with Crippen molar-refractivity contribution in [1.82, 2.24) is 0 Å². The Kier molecular flexibility index (Phi) is 5.02. The Bertz CT molecular complexity index is 744. The van der Waals surface area contributed by atoms with E-state index >= 15 is 0 Å². The fraction of sp³-hybridized carbons (Fsp3) is 0.0556. The molecule has 0 saturated carbocycles. The van der Waals surface area contributed by atoms with E-state index in [4.69, 9.17) is 11.6 Å². The molecule has 0 saturated heterocycles. The third-order valence-electron chi connectivity index (χ3n) is 3.06. The van der Waals surface area contributed by atoms with Crippen LogP contribution in [0.1, 0.15) is 27.6 Å². The number of halogens is 1. The Balaban J connectivity index is 2.35. The van der Waals surface area contributed by atoms with Crippen LogP contribution in [0.15, 0.2) is 66.2 Å². The van der Waals surface area contributed by atoms with Crippen molar-refractivity contribution in [3.05, 3.63) is 82.4 Å². The summed E-state index contributed by atoms with van der Waals surface area (Å²) in [5, 5.41) is 0.507. The van der Waals surface area contributed by atoms with Crippen molar-refractivity contribution < 1.29 is 14.4 Å². The number of Topliss-reactive ketones (excluding diaryl/α,β-unsaturated/α-hetero) is 2. The monoisotopic (exact) mass is 312 g/mol. The van der Waals surface area contributed by atoms with Crippen molar-refractivity contribution in [3.63, 3.8) is 0 Å². The fourth-order valence-corrected chi connectivity index (χ4v) is 2.03. The first-order chi connectivity index (χ1) is 10.5. The van der Waals surface area contributed by atoms with Crippen LogP contribution in [-0.4, -0.2) is 17.3 Å². The number of allylic oxidation sites excluding steroid dienone is 2. The molecule has 4 heteroatoms. The van der Waals surface area contributed by atoms with Crippen LogP contribution < -0.4 is 0 Å². The summed E-state index contributed by atoms with van der Waals surface area (Å²) >= 11 is 5.77. The summed E-state index contributed by atoms with van der Waals surface area (Å²) < 4.78 is 0. The van der Waals surface area contributed by atoms with Gasteiger partial charge in [0.1, 0.15) is 0 Å². The van der Waals surface area contributed by atoms with Gasteiger partial charge in [-0.05, 0) is 31.2 Å². The molecule has 0 unspecified atom stereocenters. The molecule has 0 spiro atoms. The van der Waals surface area contributed by atoms with E-state index in [0.29, 0.717) is 16.1 Å². The Morgan fingerprint density at radius 3 is 2.00 bits per heavy atom. The summed E-state index contributed by atoms with van der Waals surface area (Å²) in [5.74, 6) is -1.32. The molecule has 0 amide bonds. The van der Waals surface area contributed by atoms with Crippen LogP contribution in [0.4, 0.5) is 0 Å². The van der Waals surface area contributed by atoms with Crippen molar-refractivity contribution in [1.29, 1.82) is 0 Å². The van der Waals surface area contributed by atoms with Crippen molar-refractivity contribution in [3.8, 4) is 0 Å². The second kappa shape index (κ2) is 6.96. The van der Waals surface area contributed by atoms with Crippen molar-refractivity contribution in [2.45, 2.75) is 6.92 Å². The quantitative estimate of drug-likeness (QED) is 0.364. The minimum atomic E-state index is -0.463. The average Bonchev–Trinajstić information content (AvgIpc) is 2.53. The normalized spacial score (nSPS) is 11.1. The highest BCUT2D eigenvalue weighted by Gasteiger charge is 2.18. The zero-order valence-electron chi connectivity index (χ0n) is 11.9. The summed E-state index contributed by atoms with van der Waals surface area (Å²) in [4.78, 5) is 36.2. The third-order valence-corrected chi connectivity index (χ3v) is 3.32. The lowest BCUT2D eigenvalue weighted by atomic mass is 9.98. The van der Waals surface area contributed by atoms with Crippen LogP contribution in [0.2, 0.25) is 5.02 Å². The van der Waals surface area contributed by atoms with E-state index in [-0.39, 0.29) is 5.57 Å². The van der Waals surface area contributed by atoms with E-state index in [1.165, 1.54) is 6.92 Å². The second-order valence-electron chi connectivity index (χ2n) is 4.68. The minimum absolute atomic E-state index is 0.133. The maximum absolute atomic E-state index is 12.3. The summed E-state index contributed by atoms with van der Waals surface area (Å²) in [6.07, 6.45) is 1.08. The SMILES string of the molecule is CC(=O)C(=CC(=O)c1ccc(Cl)cc1)C(=O)c1ccccc1. The van der Waals surface area contributed by atoms with Crippen molar-refractivity contribution in [2.24, 2.45) is 0 Å². The number of ketones is 3. The molecule has 0 radical (unpaired) electrons. The summed E-state index contributed by atoms with van der Waals surface area (Å²) in [7, 11) is 0. The maximum Gasteiger partial charge on any atom is 0.196 e. The van der Waals surface area contributed by atoms with E-state index in [1.807, 2.05) is 0 Å². The van der Waals surface area contributed by atoms with E-state index < -0.39 is 17.3 Å². The molecule has 0 heterocycles. The Morgan fingerprint density at radius 1 is 0.864 bits per heavy atom. The van der Waals surface area contributed by atoms with E-state index in [2.05, 4.69) is 0 Å². The van der Waals surface area contributed by atoms with Gasteiger partial charge in [0.05, 0.1) is 5.57 Å². The Labute approximate surface area is 133 Å². The molecular formula is C18H13ClO3. The standard InChI is InChI=1S/C18H13ClO3/c1-12(20)16(18(22)14-5-3-2-4-6-14)11-17(21)13-7-9-15(19)10-8-13/h2-11H,1H3. The fourth-order valence-electron chi connectivity index (χ4n) is 1.90. The van der Waals surface area contributed by atoms with Gasteiger partial charge in [0, 0.05) is 22.2 Å². The highest BCUT2D eigenvalue weighted by molar-refractivity contribution is 6.31. The molecule has 0 aromatic heterocycles. The number of hydrogen-bond donors (Lipinski definition) is 0. The molecule has 0 bridgehead atoms. The first-order valence-electron chi connectivity index (χ1n) is 6.61. The predicted molar refractivity (Wildman–Crippen MR) is 85.3 cm³/mol. The van der Waals surface area contributed by atoms with Gasteiger partial charge in [0.25, 0.3) is 0 Å². The van der Waals surface area contributed by atoms with Crippen molar-refractivity contribution >= 4 is 29.0 Å². The molecule has 22 heavy (non-hydrogen) atoms. The lowest BCUT2D eigenvalue weighted by Crippen LogP contribution is -2.12. The lowest BCUT2D eigenvalue weighted by molar-refractivity contribution is -0.113.